The highest BCUT2D eigenvalue weighted by Gasteiger charge is 2.12. The van der Waals surface area contributed by atoms with E-state index in [9.17, 15) is 0 Å². The van der Waals surface area contributed by atoms with E-state index in [1.165, 1.54) is 51.1 Å². The van der Waals surface area contributed by atoms with Gasteiger partial charge in [0.25, 0.3) is 0 Å². The molecular formula is C15H24N2. The Morgan fingerprint density at radius 2 is 1.76 bits per heavy atom. The Morgan fingerprint density at radius 3 is 2.41 bits per heavy atom. The van der Waals surface area contributed by atoms with Gasteiger partial charge in [-0.05, 0) is 50.5 Å². The minimum absolute atomic E-state index is 0.642. The summed E-state index contributed by atoms with van der Waals surface area (Å²) in [5.41, 5.74) is 1.47. The van der Waals surface area contributed by atoms with Crippen molar-refractivity contribution in [3.8, 4) is 0 Å². The van der Waals surface area contributed by atoms with Crippen molar-refractivity contribution >= 4 is 0 Å². The third-order valence-electron chi connectivity index (χ3n) is 3.56. The topological polar surface area (TPSA) is 15.3 Å². The second kappa shape index (κ2) is 6.77. The van der Waals surface area contributed by atoms with Gasteiger partial charge in [0, 0.05) is 6.54 Å². The second-order valence-corrected chi connectivity index (χ2v) is 5.07. The number of hydrogen-bond acceptors (Lipinski definition) is 2. The summed E-state index contributed by atoms with van der Waals surface area (Å²) in [6.07, 6.45) is 2.56. The van der Waals surface area contributed by atoms with Gasteiger partial charge < -0.3 is 10.2 Å². The molecule has 1 heterocycles. The molecule has 1 fully saturated rings. The van der Waals surface area contributed by atoms with Crippen molar-refractivity contribution in [3.63, 3.8) is 0 Å². The molecule has 1 aromatic carbocycles. The zero-order valence-corrected chi connectivity index (χ0v) is 10.9. The van der Waals surface area contributed by atoms with Crippen molar-refractivity contribution in [2.75, 3.05) is 32.7 Å². The number of nitrogens with zero attached hydrogens (tertiary/aromatic N) is 1. The number of hydrogen-bond donors (Lipinski definition) is 1. The lowest BCUT2D eigenvalue weighted by molar-refractivity contribution is 0.241. The van der Waals surface area contributed by atoms with Crippen LogP contribution in [0.1, 0.15) is 31.2 Å². The first kappa shape index (κ1) is 12.6. The molecule has 1 aromatic rings. The summed E-state index contributed by atoms with van der Waals surface area (Å²) < 4.78 is 0. The molecule has 1 aliphatic rings. The molecule has 94 valence electrons. The molecule has 0 saturated carbocycles. The molecule has 2 heteroatoms. The van der Waals surface area contributed by atoms with Crippen molar-refractivity contribution in [2.45, 2.75) is 25.7 Å². The van der Waals surface area contributed by atoms with Gasteiger partial charge in [0.05, 0.1) is 0 Å². The molecule has 0 amide bonds. The molecule has 0 spiro atoms. The first-order valence-electron chi connectivity index (χ1n) is 6.84. The molecule has 0 aromatic heterocycles. The van der Waals surface area contributed by atoms with Gasteiger partial charge in [-0.1, -0.05) is 37.3 Å². The van der Waals surface area contributed by atoms with E-state index >= 15 is 0 Å². The van der Waals surface area contributed by atoms with E-state index in [4.69, 9.17) is 0 Å². The lowest BCUT2D eigenvalue weighted by Crippen LogP contribution is -2.36. The second-order valence-electron chi connectivity index (χ2n) is 5.07. The van der Waals surface area contributed by atoms with Crippen LogP contribution in [0.5, 0.6) is 0 Å². The van der Waals surface area contributed by atoms with E-state index in [-0.39, 0.29) is 0 Å². The predicted molar refractivity (Wildman–Crippen MR) is 73.4 cm³/mol. The smallest absolute Gasteiger partial charge is 0.00476 e. The molecule has 1 aliphatic heterocycles. The largest absolute Gasteiger partial charge is 0.317 e. The van der Waals surface area contributed by atoms with Gasteiger partial charge in [-0.2, -0.15) is 0 Å². The maximum absolute atomic E-state index is 3.47. The van der Waals surface area contributed by atoms with E-state index in [0.717, 1.165) is 0 Å². The van der Waals surface area contributed by atoms with Gasteiger partial charge in [-0.25, -0.2) is 0 Å². The van der Waals surface area contributed by atoms with Crippen molar-refractivity contribution in [1.29, 1.82) is 0 Å². The lowest BCUT2D eigenvalue weighted by Gasteiger charge is -2.27. The zero-order valence-electron chi connectivity index (χ0n) is 10.9. The van der Waals surface area contributed by atoms with E-state index < -0.39 is 0 Å². The Morgan fingerprint density at radius 1 is 1.12 bits per heavy atom. The van der Waals surface area contributed by atoms with E-state index in [1.54, 1.807) is 0 Å². The predicted octanol–water partition coefficient (Wildman–Crippen LogP) is 2.48. The minimum Gasteiger partial charge on any atom is -0.317 e. The highest BCUT2D eigenvalue weighted by Crippen LogP contribution is 2.16. The maximum Gasteiger partial charge on any atom is 0.00476 e. The van der Waals surface area contributed by atoms with Crippen LogP contribution in [0, 0.1) is 0 Å². The average molecular weight is 232 g/mol. The number of rotatable bonds is 3. The molecular weight excluding hydrogens is 208 g/mol. The Hall–Kier alpha value is -0.860. The monoisotopic (exact) mass is 232 g/mol. The molecule has 1 N–H and O–H groups in total. The molecule has 1 saturated heterocycles. The molecule has 1 unspecified atom stereocenters. The summed E-state index contributed by atoms with van der Waals surface area (Å²) in [6, 6.07) is 10.9. The van der Waals surface area contributed by atoms with Gasteiger partial charge in [-0.3, -0.25) is 0 Å². The summed E-state index contributed by atoms with van der Waals surface area (Å²) in [5, 5.41) is 3.47. The van der Waals surface area contributed by atoms with E-state index in [1.807, 2.05) is 0 Å². The SMILES string of the molecule is CC(CN1CCCNCCC1)c1ccccc1. The number of nitrogens with one attached hydrogen (secondary N) is 1. The van der Waals surface area contributed by atoms with Gasteiger partial charge in [-0.15, -0.1) is 0 Å². The molecule has 0 radical (unpaired) electrons. The average Bonchev–Trinajstić information content (AvgIpc) is 2.33. The summed E-state index contributed by atoms with van der Waals surface area (Å²) in [4.78, 5) is 2.62. The summed E-state index contributed by atoms with van der Waals surface area (Å²) >= 11 is 0. The Kier molecular flexibility index (Phi) is 5.02. The normalized spacial score (nSPS) is 20.5. The Labute approximate surface area is 105 Å². The fraction of sp³-hybridized carbons (Fsp3) is 0.600. The van der Waals surface area contributed by atoms with Crippen LogP contribution < -0.4 is 5.32 Å². The van der Waals surface area contributed by atoms with Crippen LogP contribution in [-0.4, -0.2) is 37.6 Å². The number of benzene rings is 1. The van der Waals surface area contributed by atoms with Gasteiger partial charge >= 0.3 is 0 Å². The van der Waals surface area contributed by atoms with Gasteiger partial charge in [0.15, 0.2) is 0 Å². The third kappa shape index (κ3) is 4.14. The highest BCUT2D eigenvalue weighted by atomic mass is 15.1. The first-order chi connectivity index (χ1) is 8.36. The highest BCUT2D eigenvalue weighted by molar-refractivity contribution is 5.19. The molecule has 2 nitrogen and oxygen atoms in total. The summed E-state index contributed by atoms with van der Waals surface area (Å²) in [6.45, 7) is 8.37. The van der Waals surface area contributed by atoms with Crippen molar-refractivity contribution in [1.82, 2.24) is 10.2 Å². The maximum atomic E-state index is 3.47. The molecule has 17 heavy (non-hydrogen) atoms. The molecule has 0 bridgehead atoms. The van der Waals surface area contributed by atoms with Gasteiger partial charge in [0.2, 0.25) is 0 Å². The quantitative estimate of drug-likeness (QED) is 0.861. The molecule has 1 atom stereocenters. The first-order valence-corrected chi connectivity index (χ1v) is 6.84. The van der Waals surface area contributed by atoms with E-state index in [0.29, 0.717) is 5.92 Å². The Bertz CT molecular complexity index is 302. The minimum atomic E-state index is 0.642. The molecule has 2 rings (SSSR count). The Balaban J connectivity index is 1.86. The fourth-order valence-corrected chi connectivity index (χ4v) is 2.55. The van der Waals surface area contributed by atoms with Crippen molar-refractivity contribution in [3.05, 3.63) is 35.9 Å². The lowest BCUT2D eigenvalue weighted by atomic mass is 10.0. The zero-order chi connectivity index (χ0) is 11.9. The van der Waals surface area contributed by atoms with Crippen LogP contribution in [0.2, 0.25) is 0 Å². The van der Waals surface area contributed by atoms with Crippen LogP contribution in [0.3, 0.4) is 0 Å². The van der Waals surface area contributed by atoms with Crippen LogP contribution in [0.25, 0.3) is 0 Å². The summed E-state index contributed by atoms with van der Waals surface area (Å²) in [5.74, 6) is 0.642. The van der Waals surface area contributed by atoms with Crippen LogP contribution in [0.4, 0.5) is 0 Å². The van der Waals surface area contributed by atoms with Crippen molar-refractivity contribution < 1.29 is 0 Å². The third-order valence-corrected chi connectivity index (χ3v) is 3.56. The van der Waals surface area contributed by atoms with Crippen LogP contribution in [0.15, 0.2) is 30.3 Å². The van der Waals surface area contributed by atoms with Crippen LogP contribution >= 0.6 is 0 Å². The standard InChI is InChI=1S/C15H24N2/c1-14(15-7-3-2-4-8-15)13-17-11-5-9-16-10-6-12-17/h2-4,7-8,14,16H,5-6,9-13H2,1H3. The van der Waals surface area contributed by atoms with Crippen LogP contribution in [-0.2, 0) is 0 Å². The van der Waals surface area contributed by atoms with E-state index in [2.05, 4.69) is 47.5 Å². The van der Waals surface area contributed by atoms with Gasteiger partial charge in [0.1, 0.15) is 0 Å². The molecule has 0 aliphatic carbocycles. The summed E-state index contributed by atoms with van der Waals surface area (Å²) in [7, 11) is 0. The van der Waals surface area contributed by atoms with Crippen molar-refractivity contribution in [2.24, 2.45) is 0 Å². The fourth-order valence-electron chi connectivity index (χ4n) is 2.55.